The average Bonchev–Trinajstić information content (AvgIpc) is 3.07. The number of nitrogens with zero attached hydrogens (tertiary/aromatic N) is 1. The number of thiazole rings is 1. The van der Waals surface area contributed by atoms with Crippen molar-refractivity contribution in [2.45, 2.75) is 6.42 Å². The van der Waals surface area contributed by atoms with Crippen molar-refractivity contribution in [2.24, 2.45) is 0 Å². The minimum Gasteiger partial charge on any atom is -0.236 e. The first-order valence-corrected chi connectivity index (χ1v) is 8.87. The summed E-state index contributed by atoms with van der Waals surface area (Å²) in [5.74, 6) is 0. The molecule has 116 valence electrons. The SMILES string of the molecule is C(=C\c1ccccc1)/Cc1ccccc1-c1nc2ccccc2s1. The van der Waals surface area contributed by atoms with Crippen LogP contribution < -0.4 is 0 Å². The fraction of sp³-hybridized carbons (Fsp3) is 0.0455. The number of aromatic nitrogens is 1. The Balaban J connectivity index is 1.64. The number of allylic oxidation sites excluding steroid dienone is 1. The van der Waals surface area contributed by atoms with Gasteiger partial charge in [-0.05, 0) is 29.7 Å². The van der Waals surface area contributed by atoms with Crippen LogP contribution in [0.1, 0.15) is 11.1 Å². The molecule has 0 bridgehead atoms. The summed E-state index contributed by atoms with van der Waals surface area (Å²) >= 11 is 1.76. The third-order valence-corrected chi connectivity index (χ3v) is 5.06. The molecule has 0 aliphatic carbocycles. The smallest absolute Gasteiger partial charge is 0.124 e. The zero-order chi connectivity index (χ0) is 16.2. The van der Waals surface area contributed by atoms with Crippen LogP contribution in [-0.2, 0) is 6.42 Å². The maximum absolute atomic E-state index is 4.80. The van der Waals surface area contributed by atoms with Crippen molar-refractivity contribution in [3.05, 3.63) is 96.1 Å². The van der Waals surface area contributed by atoms with Crippen molar-refractivity contribution in [1.82, 2.24) is 4.98 Å². The quantitative estimate of drug-likeness (QED) is 0.433. The third kappa shape index (κ3) is 3.15. The second-order valence-electron chi connectivity index (χ2n) is 5.66. The fourth-order valence-corrected chi connectivity index (χ4v) is 3.81. The van der Waals surface area contributed by atoms with Gasteiger partial charge in [0, 0.05) is 5.56 Å². The fourth-order valence-electron chi connectivity index (χ4n) is 2.78. The number of benzene rings is 3. The molecule has 1 heterocycles. The molecule has 0 saturated heterocycles. The molecule has 3 aromatic carbocycles. The van der Waals surface area contributed by atoms with E-state index in [0.29, 0.717) is 0 Å². The van der Waals surface area contributed by atoms with Crippen LogP contribution in [0.25, 0.3) is 26.9 Å². The zero-order valence-corrected chi connectivity index (χ0v) is 14.0. The van der Waals surface area contributed by atoms with Gasteiger partial charge in [-0.1, -0.05) is 78.9 Å². The van der Waals surface area contributed by atoms with Crippen LogP contribution in [0.3, 0.4) is 0 Å². The molecule has 0 atom stereocenters. The molecular weight excluding hydrogens is 310 g/mol. The molecule has 24 heavy (non-hydrogen) atoms. The molecule has 0 amide bonds. The molecule has 0 fully saturated rings. The van der Waals surface area contributed by atoms with E-state index >= 15 is 0 Å². The Hall–Kier alpha value is -2.71. The molecule has 4 rings (SSSR count). The summed E-state index contributed by atoms with van der Waals surface area (Å²) in [4.78, 5) is 4.80. The number of rotatable bonds is 4. The number of hydrogen-bond acceptors (Lipinski definition) is 2. The summed E-state index contributed by atoms with van der Waals surface area (Å²) in [6, 6.07) is 27.3. The largest absolute Gasteiger partial charge is 0.236 e. The zero-order valence-electron chi connectivity index (χ0n) is 13.2. The highest BCUT2D eigenvalue weighted by molar-refractivity contribution is 7.21. The van der Waals surface area contributed by atoms with Crippen LogP contribution in [-0.4, -0.2) is 4.98 Å². The second kappa shape index (κ2) is 6.81. The Bertz CT molecular complexity index is 950. The van der Waals surface area contributed by atoms with Crippen molar-refractivity contribution >= 4 is 27.6 Å². The minimum atomic E-state index is 0.904. The number of fused-ring (bicyclic) bond motifs is 1. The lowest BCUT2D eigenvalue weighted by Crippen LogP contribution is -1.87. The Morgan fingerprint density at radius 1 is 0.792 bits per heavy atom. The second-order valence-corrected chi connectivity index (χ2v) is 6.69. The van der Waals surface area contributed by atoms with Gasteiger partial charge in [0.05, 0.1) is 10.2 Å². The van der Waals surface area contributed by atoms with Crippen molar-refractivity contribution < 1.29 is 0 Å². The lowest BCUT2D eigenvalue weighted by Gasteiger charge is -2.04. The van der Waals surface area contributed by atoms with Gasteiger partial charge in [0.25, 0.3) is 0 Å². The van der Waals surface area contributed by atoms with Crippen molar-refractivity contribution in [1.29, 1.82) is 0 Å². The van der Waals surface area contributed by atoms with Gasteiger partial charge in [0.15, 0.2) is 0 Å². The summed E-state index contributed by atoms with van der Waals surface area (Å²) in [5.41, 5.74) is 4.85. The molecule has 0 saturated carbocycles. The van der Waals surface area contributed by atoms with Crippen LogP contribution in [0.15, 0.2) is 84.9 Å². The van der Waals surface area contributed by atoms with E-state index in [9.17, 15) is 0 Å². The highest BCUT2D eigenvalue weighted by Crippen LogP contribution is 2.32. The predicted octanol–water partition coefficient (Wildman–Crippen LogP) is 6.22. The maximum atomic E-state index is 4.80. The van der Waals surface area contributed by atoms with Crippen LogP contribution in [0.4, 0.5) is 0 Å². The standard InChI is InChI=1S/C22H17NS/c1-2-9-17(10-3-1)11-8-13-18-12-4-5-14-19(18)22-23-20-15-6-7-16-21(20)24-22/h1-12,14-16H,13H2/b11-8+. The Kier molecular flexibility index (Phi) is 4.22. The van der Waals surface area contributed by atoms with E-state index in [0.717, 1.165) is 16.9 Å². The predicted molar refractivity (Wildman–Crippen MR) is 104 cm³/mol. The summed E-state index contributed by atoms with van der Waals surface area (Å²) < 4.78 is 1.24. The van der Waals surface area contributed by atoms with Gasteiger partial charge in [-0.15, -0.1) is 11.3 Å². The third-order valence-electron chi connectivity index (χ3n) is 3.99. The molecule has 0 unspecified atom stereocenters. The Morgan fingerprint density at radius 3 is 2.42 bits per heavy atom. The van der Waals surface area contributed by atoms with Gasteiger partial charge >= 0.3 is 0 Å². The molecule has 0 radical (unpaired) electrons. The topological polar surface area (TPSA) is 12.9 Å². The Labute approximate surface area is 145 Å². The van der Waals surface area contributed by atoms with Gasteiger partial charge in [0.2, 0.25) is 0 Å². The number of para-hydroxylation sites is 1. The molecule has 2 heteroatoms. The summed E-state index contributed by atoms with van der Waals surface area (Å²) in [6.45, 7) is 0. The first kappa shape index (κ1) is 14.9. The van der Waals surface area contributed by atoms with Crippen LogP contribution >= 0.6 is 11.3 Å². The van der Waals surface area contributed by atoms with Gasteiger partial charge in [-0.2, -0.15) is 0 Å². The molecule has 1 aromatic heterocycles. The maximum Gasteiger partial charge on any atom is 0.124 e. The first-order chi connectivity index (χ1) is 11.9. The molecule has 1 nitrogen and oxygen atoms in total. The van der Waals surface area contributed by atoms with Crippen LogP contribution in [0.5, 0.6) is 0 Å². The molecule has 0 N–H and O–H groups in total. The minimum absolute atomic E-state index is 0.904. The van der Waals surface area contributed by atoms with Crippen LogP contribution in [0.2, 0.25) is 0 Å². The highest BCUT2D eigenvalue weighted by Gasteiger charge is 2.09. The molecule has 0 spiro atoms. The molecule has 0 aliphatic heterocycles. The van der Waals surface area contributed by atoms with E-state index in [1.54, 1.807) is 11.3 Å². The van der Waals surface area contributed by atoms with Gasteiger partial charge < -0.3 is 0 Å². The summed E-state index contributed by atoms with van der Waals surface area (Å²) in [5, 5.41) is 1.10. The lowest BCUT2D eigenvalue weighted by molar-refractivity contribution is 1.27. The average molecular weight is 327 g/mol. The lowest BCUT2D eigenvalue weighted by atomic mass is 10.0. The first-order valence-electron chi connectivity index (χ1n) is 8.05. The monoisotopic (exact) mass is 327 g/mol. The molecule has 4 aromatic rings. The normalized spacial score (nSPS) is 11.3. The van der Waals surface area contributed by atoms with Gasteiger partial charge in [-0.3, -0.25) is 0 Å². The van der Waals surface area contributed by atoms with E-state index in [2.05, 4.69) is 78.9 Å². The number of hydrogen-bond donors (Lipinski definition) is 0. The Morgan fingerprint density at radius 2 is 1.54 bits per heavy atom. The van der Waals surface area contributed by atoms with Crippen molar-refractivity contribution in [3.63, 3.8) is 0 Å². The van der Waals surface area contributed by atoms with E-state index in [1.807, 2.05) is 12.1 Å². The van der Waals surface area contributed by atoms with E-state index in [1.165, 1.54) is 21.4 Å². The highest BCUT2D eigenvalue weighted by atomic mass is 32.1. The summed E-state index contributed by atoms with van der Waals surface area (Å²) in [7, 11) is 0. The van der Waals surface area contributed by atoms with E-state index in [4.69, 9.17) is 4.98 Å². The van der Waals surface area contributed by atoms with Crippen molar-refractivity contribution in [2.75, 3.05) is 0 Å². The summed E-state index contributed by atoms with van der Waals surface area (Å²) in [6.07, 6.45) is 5.30. The van der Waals surface area contributed by atoms with E-state index < -0.39 is 0 Å². The van der Waals surface area contributed by atoms with Crippen molar-refractivity contribution in [3.8, 4) is 10.6 Å². The van der Waals surface area contributed by atoms with Gasteiger partial charge in [0.1, 0.15) is 5.01 Å². The molecular formula is C22H17NS. The van der Waals surface area contributed by atoms with Crippen LogP contribution in [0, 0.1) is 0 Å². The van der Waals surface area contributed by atoms with Gasteiger partial charge in [-0.25, -0.2) is 4.98 Å². The van der Waals surface area contributed by atoms with E-state index in [-0.39, 0.29) is 0 Å². The molecule has 0 aliphatic rings.